The molecule has 2 amide bonds. The van der Waals surface area contributed by atoms with E-state index in [0.29, 0.717) is 23.5 Å². The Bertz CT molecular complexity index is 669. The van der Waals surface area contributed by atoms with Gasteiger partial charge in [0.2, 0.25) is 0 Å². The number of ether oxygens (including phenoxy) is 1. The second kappa shape index (κ2) is 8.33. The number of likely N-dealkylation sites (N-methyl/N-ethyl adjacent to an activating group) is 1. The van der Waals surface area contributed by atoms with Gasteiger partial charge in [0.15, 0.2) is 6.61 Å². The third-order valence-electron chi connectivity index (χ3n) is 2.96. The average molecular weight is 377 g/mol. The SMILES string of the molecule is CCNC(=O)COc1ccc(NC(=O)c2ccc(Br)cc2)cc1. The molecule has 0 saturated heterocycles. The number of anilines is 1. The second-order valence-corrected chi connectivity index (χ2v) is 5.64. The molecule has 0 bridgehead atoms. The van der Waals surface area contributed by atoms with Crippen LogP contribution >= 0.6 is 15.9 Å². The summed E-state index contributed by atoms with van der Waals surface area (Å²) >= 11 is 3.33. The number of nitrogens with one attached hydrogen (secondary N) is 2. The Morgan fingerprint density at radius 1 is 1.04 bits per heavy atom. The highest BCUT2D eigenvalue weighted by atomic mass is 79.9. The van der Waals surface area contributed by atoms with Gasteiger partial charge in [-0.1, -0.05) is 15.9 Å². The van der Waals surface area contributed by atoms with Crippen LogP contribution in [0.3, 0.4) is 0 Å². The highest BCUT2D eigenvalue weighted by Gasteiger charge is 2.06. The molecule has 0 radical (unpaired) electrons. The summed E-state index contributed by atoms with van der Waals surface area (Å²) in [5.74, 6) is 0.214. The number of hydrogen-bond donors (Lipinski definition) is 2. The summed E-state index contributed by atoms with van der Waals surface area (Å²) in [5, 5.41) is 5.45. The first kappa shape index (κ1) is 17.0. The van der Waals surface area contributed by atoms with Crippen molar-refractivity contribution in [1.82, 2.24) is 5.32 Å². The summed E-state index contributed by atoms with van der Waals surface area (Å²) in [6.45, 7) is 2.39. The highest BCUT2D eigenvalue weighted by molar-refractivity contribution is 9.10. The number of hydrogen-bond acceptors (Lipinski definition) is 3. The van der Waals surface area contributed by atoms with Gasteiger partial charge in [0.05, 0.1) is 0 Å². The van der Waals surface area contributed by atoms with Crippen LogP contribution in [0.1, 0.15) is 17.3 Å². The first-order chi connectivity index (χ1) is 11.1. The normalized spacial score (nSPS) is 10.0. The Labute approximate surface area is 143 Å². The Balaban J connectivity index is 1.90. The number of benzene rings is 2. The van der Waals surface area contributed by atoms with Gasteiger partial charge >= 0.3 is 0 Å². The molecule has 0 aliphatic carbocycles. The first-order valence-electron chi connectivity index (χ1n) is 7.15. The van der Waals surface area contributed by atoms with E-state index in [1.807, 2.05) is 19.1 Å². The van der Waals surface area contributed by atoms with Crippen molar-refractivity contribution in [1.29, 1.82) is 0 Å². The zero-order valence-corrected chi connectivity index (χ0v) is 14.2. The van der Waals surface area contributed by atoms with Gasteiger partial charge in [-0.15, -0.1) is 0 Å². The quantitative estimate of drug-likeness (QED) is 0.813. The Morgan fingerprint density at radius 2 is 1.70 bits per heavy atom. The Kier molecular flexibility index (Phi) is 6.17. The molecule has 0 aliphatic rings. The van der Waals surface area contributed by atoms with Crippen LogP contribution in [-0.4, -0.2) is 25.0 Å². The molecule has 0 aliphatic heterocycles. The fraction of sp³-hybridized carbons (Fsp3) is 0.176. The molecule has 2 aromatic rings. The predicted molar refractivity (Wildman–Crippen MR) is 92.7 cm³/mol. The second-order valence-electron chi connectivity index (χ2n) is 4.73. The summed E-state index contributed by atoms with van der Waals surface area (Å²) in [5.41, 5.74) is 1.23. The number of halogens is 1. The number of amides is 2. The lowest BCUT2D eigenvalue weighted by atomic mass is 10.2. The van der Waals surface area contributed by atoms with Gasteiger partial charge in [0, 0.05) is 22.3 Å². The monoisotopic (exact) mass is 376 g/mol. The molecule has 6 heteroatoms. The summed E-state index contributed by atoms with van der Waals surface area (Å²) in [6, 6.07) is 14.0. The van der Waals surface area contributed by atoms with Gasteiger partial charge in [-0.25, -0.2) is 0 Å². The molecule has 0 fully saturated rings. The molecule has 120 valence electrons. The summed E-state index contributed by atoms with van der Waals surface area (Å²) in [6.07, 6.45) is 0. The van der Waals surface area contributed by atoms with Crippen molar-refractivity contribution in [2.24, 2.45) is 0 Å². The molecule has 0 unspecified atom stereocenters. The lowest BCUT2D eigenvalue weighted by Gasteiger charge is -2.08. The lowest BCUT2D eigenvalue weighted by Crippen LogP contribution is -2.28. The molecule has 0 spiro atoms. The third-order valence-corrected chi connectivity index (χ3v) is 3.49. The number of carbonyl (C=O) groups excluding carboxylic acids is 2. The highest BCUT2D eigenvalue weighted by Crippen LogP contribution is 2.17. The van der Waals surface area contributed by atoms with E-state index in [2.05, 4.69) is 26.6 Å². The van der Waals surface area contributed by atoms with E-state index in [4.69, 9.17) is 4.74 Å². The number of carbonyl (C=O) groups is 2. The van der Waals surface area contributed by atoms with Crippen LogP contribution in [0.4, 0.5) is 5.69 Å². The van der Waals surface area contributed by atoms with Gasteiger partial charge < -0.3 is 15.4 Å². The van der Waals surface area contributed by atoms with Crippen LogP contribution in [0.25, 0.3) is 0 Å². The summed E-state index contributed by atoms with van der Waals surface area (Å²) < 4.78 is 6.27. The van der Waals surface area contributed by atoms with Crippen LogP contribution in [0.5, 0.6) is 5.75 Å². The van der Waals surface area contributed by atoms with E-state index in [1.165, 1.54) is 0 Å². The van der Waals surface area contributed by atoms with Crippen LogP contribution < -0.4 is 15.4 Å². The maximum absolute atomic E-state index is 12.1. The molecule has 2 N–H and O–H groups in total. The predicted octanol–water partition coefficient (Wildman–Crippen LogP) is 3.22. The van der Waals surface area contributed by atoms with E-state index in [9.17, 15) is 9.59 Å². The smallest absolute Gasteiger partial charge is 0.257 e. The van der Waals surface area contributed by atoms with Gasteiger partial charge in [0.25, 0.3) is 11.8 Å². The first-order valence-corrected chi connectivity index (χ1v) is 7.94. The van der Waals surface area contributed by atoms with Crippen molar-refractivity contribution in [3.63, 3.8) is 0 Å². The summed E-state index contributed by atoms with van der Waals surface area (Å²) in [7, 11) is 0. The fourth-order valence-electron chi connectivity index (χ4n) is 1.84. The van der Waals surface area contributed by atoms with Gasteiger partial charge in [-0.3, -0.25) is 9.59 Å². The van der Waals surface area contributed by atoms with Crippen LogP contribution in [0.2, 0.25) is 0 Å². The van der Waals surface area contributed by atoms with Crippen molar-refractivity contribution < 1.29 is 14.3 Å². The molecule has 0 heterocycles. The molecule has 0 saturated carbocycles. The molecule has 23 heavy (non-hydrogen) atoms. The van der Waals surface area contributed by atoms with E-state index in [1.54, 1.807) is 36.4 Å². The Hall–Kier alpha value is -2.34. The molecule has 2 rings (SSSR count). The third kappa shape index (κ3) is 5.41. The van der Waals surface area contributed by atoms with Crippen molar-refractivity contribution >= 4 is 33.4 Å². The van der Waals surface area contributed by atoms with Crippen molar-refractivity contribution in [3.8, 4) is 5.75 Å². The standard InChI is InChI=1S/C17H17BrN2O3/c1-2-19-16(21)11-23-15-9-7-14(8-10-15)20-17(22)12-3-5-13(18)6-4-12/h3-10H,2,11H2,1H3,(H,19,21)(H,20,22). The van der Waals surface area contributed by atoms with Crippen molar-refractivity contribution in [3.05, 3.63) is 58.6 Å². The molecule has 0 aromatic heterocycles. The van der Waals surface area contributed by atoms with Crippen molar-refractivity contribution in [2.45, 2.75) is 6.92 Å². The molecule has 0 atom stereocenters. The van der Waals surface area contributed by atoms with E-state index >= 15 is 0 Å². The van der Waals surface area contributed by atoms with Crippen LogP contribution in [0, 0.1) is 0 Å². The van der Waals surface area contributed by atoms with Crippen molar-refractivity contribution in [2.75, 3.05) is 18.5 Å². The van der Waals surface area contributed by atoms with Gasteiger partial charge in [-0.05, 0) is 55.5 Å². The van der Waals surface area contributed by atoms with E-state index in [-0.39, 0.29) is 18.4 Å². The minimum atomic E-state index is -0.187. The Morgan fingerprint density at radius 3 is 2.30 bits per heavy atom. The zero-order valence-electron chi connectivity index (χ0n) is 12.6. The molecular weight excluding hydrogens is 360 g/mol. The summed E-state index contributed by atoms with van der Waals surface area (Å²) in [4.78, 5) is 23.4. The maximum Gasteiger partial charge on any atom is 0.257 e. The van der Waals surface area contributed by atoms with E-state index < -0.39 is 0 Å². The molecule has 5 nitrogen and oxygen atoms in total. The largest absolute Gasteiger partial charge is 0.484 e. The fourth-order valence-corrected chi connectivity index (χ4v) is 2.10. The lowest BCUT2D eigenvalue weighted by molar-refractivity contribution is -0.122. The average Bonchev–Trinajstić information content (AvgIpc) is 2.55. The molecule has 2 aromatic carbocycles. The molecular formula is C17H17BrN2O3. The van der Waals surface area contributed by atoms with Gasteiger partial charge in [0.1, 0.15) is 5.75 Å². The van der Waals surface area contributed by atoms with E-state index in [0.717, 1.165) is 4.47 Å². The number of rotatable bonds is 6. The zero-order chi connectivity index (χ0) is 16.7. The van der Waals surface area contributed by atoms with Gasteiger partial charge in [-0.2, -0.15) is 0 Å². The minimum absolute atomic E-state index is 0.0293. The maximum atomic E-state index is 12.1. The minimum Gasteiger partial charge on any atom is -0.484 e. The van der Waals surface area contributed by atoms with Crippen LogP contribution in [0.15, 0.2) is 53.0 Å². The topological polar surface area (TPSA) is 67.4 Å². The van der Waals surface area contributed by atoms with Crippen LogP contribution in [-0.2, 0) is 4.79 Å².